The number of anilines is 2. The molecule has 200 valence electrons. The topological polar surface area (TPSA) is 82.9 Å². The highest BCUT2D eigenvalue weighted by molar-refractivity contribution is 6.38. The van der Waals surface area contributed by atoms with Crippen LogP contribution in [0.25, 0.3) is 12.2 Å². The predicted molar refractivity (Wildman–Crippen MR) is 165 cm³/mol. The Hall–Kier alpha value is -3.94. The molecule has 0 aliphatic carbocycles. The zero-order valence-electron chi connectivity index (χ0n) is 20.6. The molecule has 0 aliphatic rings. The Labute approximate surface area is 250 Å². The first-order valence-electron chi connectivity index (χ1n) is 11.8. The Balaban J connectivity index is 1.57. The van der Waals surface area contributed by atoms with Gasteiger partial charge in [0.25, 0.3) is 0 Å². The molecule has 10 heteroatoms. The van der Waals surface area contributed by atoms with Gasteiger partial charge < -0.3 is 10.6 Å². The monoisotopic (exact) mass is 608 g/mol. The SMILES string of the molecule is O=C(/C=C/c1c(Cl)cccc1Cl)Nc1ccc(N=Nc2ccccc2)c(NC(=O)/C=C/c2c(Cl)cccc2Cl)c1. The number of amides is 2. The third kappa shape index (κ3) is 8.04. The van der Waals surface area contributed by atoms with E-state index in [-0.39, 0.29) is 0 Å². The summed E-state index contributed by atoms with van der Waals surface area (Å²) < 4.78 is 0. The van der Waals surface area contributed by atoms with Crippen molar-refractivity contribution in [1.29, 1.82) is 0 Å². The first-order chi connectivity index (χ1) is 19.3. The molecule has 40 heavy (non-hydrogen) atoms. The number of carbonyl (C=O) groups excluding carboxylic acids is 2. The van der Waals surface area contributed by atoms with Crippen molar-refractivity contribution in [3.63, 3.8) is 0 Å². The summed E-state index contributed by atoms with van der Waals surface area (Å²) in [5.74, 6) is -0.899. The van der Waals surface area contributed by atoms with Gasteiger partial charge in [-0.3, -0.25) is 9.59 Å². The molecular formula is C30H20Cl4N4O2. The molecule has 4 aromatic carbocycles. The van der Waals surface area contributed by atoms with Crippen LogP contribution in [-0.2, 0) is 9.59 Å². The second-order valence-corrected chi connectivity index (χ2v) is 9.81. The van der Waals surface area contributed by atoms with E-state index in [0.717, 1.165) is 0 Å². The van der Waals surface area contributed by atoms with Gasteiger partial charge in [0.15, 0.2) is 0 Å². The van der Waals surface area contributed by atoms with E-state index < -0.39 is 11.8 Å². The number of rotatable bonds is 8. The maximum Gasteiger partial charge on any atom is 0.248 e. The minimum absolute atomic E-state index is 0.315. The molecule has 0 saturated heterocycles. The van der Waals surface area contributed by atoms with E-state index in [1.807, 2.05) is 18.2 Å². The maximum atomic E-state index is 12.8. The molecule has 4 rings (SSSR count). The smallest absolute Gasteiger partial charge is 0.248 e. The lowest BCUT2D eigenvalue weighted by molar-refractivity contribution is -0.112. The van der Waals surface area contributed by atoms with E-state index in [9.17, 15) is 9.59 Å². The molecule has 4 aromatic rings. The molecule has 0 aliphatic heterocycles. The van der Waals surface area contributed by atoms with Gasteiger partial charge in [0, 0.05) is 49.1 Å². The first-order valence-corrected chi connectivity index (χ1v) is 13.3. The van der Waals surface area contributed by atoms with Gasteiger partial charge in [0.05, 0.1) is 11.4 Å². The largest absolute Gasteiger partial charge is 0.322 e. The van der Waals surface area contributed by atoms with Crippen LogP contribution in [0.15, 0.2) is 107 Å². The Morgan fingerprint density at radius 3 is 1.68 bits per heavy atom. The highest BCUT2D eigenvalue weighted by atomic mass is 35.5. The zero-order valence-corrected chi connectivity index (χ0v) is 23.6. The Kier molecular flexibility index (Phi) is 10.1. The molecule has 0 atom stereocenters. The molecule has 2 N–H and O–H groups in total. The number of nitrogens with one attached hydrogen (secondary N) is 2. The van der Waals surface area contributed by atoms with Crippen LogP contribution in [0.2, 0.25) is 20.1 Å². The number of nitrogens with zero attached hydrogens (tertiary/aromatic N) is 2. The van der Waals surface area contributed by atoms with Crippen LogP contribution in [0, 0.1) is 0 Å². The number of hydrogen-bond donors (Lipinski definition) is 2. The molecular weight excluding hydrogens is 590 g/mol. The number of carbonyl (C=O) groups is 2. The molecule has 0 fully saturated rings. The van der Waals surface area contributed by atoms with Crippen molar-refractivity contribution in [2.24, 2.45) is 10.2 Å². The maximum absolute atomic E-state index is 12.8. The van der Waals surface area contributed by atoms with Gasteiger partial charge in [-0.1, -0.05) is 76.7 Å². The summed E-state index contributed by atoms with van der Waals surface area (Å²) in [5, 5.41) is 15.7. The third-order valence-electron chi connectivity index (χ3n) is 5.35. The highest BCUT2D eigenvalue weighted by Gasteiger charge is 2.10. The molecule has 0 heterocycles. The van der Waals surface area contributed by atoms with Crippen molar-refractivity contribution in [3.8, 4) is 0 Å². The standard InChI is InChI=1S/C30H20Cl4N4O2/c31-23-8-4-9-24(32)21(23)13-16-29(39)35-20-12-15-27(38-37-19-6-2-1-3-7-19)28(18-20)36-30(40)17-14-22-25(33)10-5-11-26(22)34/h1-18H,(H,35,39)(H,36,40)/b16-13+,17-14+,38-37?. The fourth-order valence-electron chi connectivity index (χ4n) is 3.42. The van der Waals surface area contributed by atoms with Gasteiger partial charge in [0.2, 0.25) is 11.8 Å². The molecule has 2 amide bonds. The summed E-state index contributed by atoms with van der Waals surface area (Å²) in [6.45, 7) is 0. The summed E-state index contributed by atoms with van der Waals surface area (Å²) in [7, 11) is 0. The highest BCUT2D eigenvalue weighted by Crippen LogP contribution is 2.31. The fourth-order valence-corrected chi connectivity index (χ4v) is 4.47. The van der Waals surface area contributed by atoms with Crippen LogP contribution in [-0.4, -0.2) is 11.8 Å². The van der Waals surface area contributed by atoms with Gasteiger partial charge in [-0.05, 0) is 66.7 Å². The molecule has 0 radical (unpaired) electrons. The van der Waals surface area contributed by atoms with Crippen molar-refractivity contribution in [2.45, 2.75) is 0 Å². The van der Waals surface area contributed by atoms with Crippen molar-refractivity contribution in [3.05, 3.63) is 128 Å². The van der Waals surface area contributed by atoms with Crippen molar-refractivity contribution in [2.75, 3.05) is 10.6 Å². The Bertz CT molecular complexity index is 1600. The van der Waals surface area contributed by atoms with Crippen LogP contribution >= 0.6 is 46.4 Å². The van der Waals surface area contributed by atoms with E-state index in [1.165, 1.54) is 24.3 Å². The average Bonchev–Trinajstić information content (AvgIpc) is 2.92. The fraction of sp³-hybridized carbons (Fsp3) is 0. The zero-order chi connectivity index (χ0) is 28.5. The summed E-state index contributed by atoms with van der Waals surface area (Å²) in [6, 6.07) is 24.1. The first kappa shape index (κ1) is 29.1. The Morgan fingerprint density at radius 2 is 1.12 bits per heavy atom. The molecule has 0 unspecified atom stereocenters. The van der Waals surface area contributed by atoms with Gasteiger partial charge in [-0.25, -0.2) is 0 Å². The van der Waals surface area contributed by atoms with Gasteiger partial charge in [-0.15, -0.1) is 5.11 Å². The van der Waals surface area contributed by atoms with Crippen LogP contribution in [0.5, 0.6) is 0 Å². The van der Waals surface area contributed by atoms with Crippen molar-refractivity contribution >= 4 is 93.1 Å². The van der Waals surface area contributed by atoms with E-state index in [0.29, 0.717) is 54.0 Å². The summed E-state index contributed by atoms with van der Waals surface area (Å²) in [6.07, 6.45) is 5.65. The van der Waals surface area contributed by atoms with Crippen molar-refractivity contribution < 1.29 is 9.59 Å². The minimum atomic E-state index is -0.469. The molecule has 0 aromatic heterocycles. The number of hydrogen-bond acceptors (Lipinski definition) is 4. The lowest BCUT2D eigenvalue weighted by atomic mass is 10.2. The number of benzene rings is 4. The van der Waals surface area contributed by atoms with Gasteiger partial charge >= 0.3 is 0 Å². The second kappa shape index (κ2) is 13.9. The van der Waals surface area contributed by atoms with E-state index in [1.54, 1.807) is 66.7 Å². The number of halogens is 4. The lowest BCUT2D eigenvalue weighted by Gasteiger charge is -2.10. The van der Waals surface area contributed by atoms with Gasteiger partial charge in [0.1, 0.15) is 5.69 Å². The van der Waals surface area contributed by atoms with Crippen molar-refractivity contribution in [1.82, 2.24) is 0 Å². The second-order valence-electron chi connectivity index (χ2n) is 8.18. The van der Waals surface area contributed by atoms with E-state index >= 15 is 0 Å². The third-order valence-corrected chi connectivity index (χ3v) is 6.67. The minimum Gasteiger partial charge on any atom is -0.322 e. The average molecular weight is 610 g/mol. The molecule has 0 spiro atoms. The normalized spacial score (nSPS) is 11.4. The van der Waals surface area contributed by atoms with Crippen LogP contribution in [0.1, 0.15) is 11.1 Å². The summed E-state index contributed by atoms with van der Waals surface area (Å²) >= 11 is 24.7. The molecule has 0 saturated carbocycles. The summed E-state index contributed by atoms with van der Waals surface area (Å²) in [5.41, 5.74) is 2.77. The summed E-state index contributed by atoms with van der Waals surface area (Å²) in [4.78, 5) is 25.4. The predicted octanol–water partition coefficient (Wildman–Crippen LogP) is 10.0. The lowest BCUT2D eigenvalue weighted by Crippen LogP contribution is -2.10. The van der Waals surface area contributed by atoms with Crippen LogP contribution in [0.4, 0.5) is 22.7 Å². The Morgan fingerprint density at radius 1 is 0.600 bits per heavy atom. The molecule has 0 bridgehead atoms. The number of azo groups is 1. The van der Waals surface area contributed by atoms with E-state index in [4.69, 9.17) is 46.4 Å². The molecule has 6 nitrogen and oxygen atoms in total. The van der Waals surface area contributed by atoms with Crippen LogP contribution in [0.3, 0.4) is 0 Å². The van der Waals surface area contributed by atoms with E-state index in [2.05, 4.69) is 20.9 Å². The van der Waals surface area contributed by atoms with Gasteiger partial charge in [-0.2, -0.15) is 5.11 Å². The quantitative estimate of drug-likeness (QED) is 0.154. The van der Waals surface area contributed by atoms with Crippen LogP contribution < -0.4 is 10.6 Å².